The van der Waals surface area contributed by atoms with Crippen molar-refractivity contribution in [1.82, 2.24) is 0 Å². The molecule has 0 spiro atoms. The second kappa shape index (κ2) is 18.6. The maximum absolute atomic E-state index is 3.83. The Balaban J connectivity index is 1.14. The van der Waals surface area contributed by atoms with E-state index in [4.69, 9.17) is 0 Å². The highest BCUT2D eigenvalue weighted by Crippen LogP contribution is 2.47. The van der Waals surface area contributed by atoms with Crippen LogP contribution in [0.5, 0.6) is 0 Å². The van der Waals surface area contributed by atoms with Gasteiger partial charge in [-0.2, -0.15) is 0 Å². The molecule has 2 N–H and O–H groups in total. The first-order chi connectivity index (χ1) is 31.7. The van der Waals surface area contributed by atoms with Crippen LogP contribution in [0, 0.1) is 0 Å². The lowest BCUT2D eigenvalue weighted by molar-refractivity contribution is 1.28. The van der Waals surface area contributed by atoms with E-state index < -0.39 is 0 Å². The van der Waals surface area contributed by atoms with E-state index in [0.717, 1.165) is 90.3 Å². The molecule has 0 aromatic heterocycles. The van der Waals surface area contributed by atoms with E-state index in [2.05, 4.69) is 269 Å². The third-order valence-corrected chi connectivity index (χ3v) is 11.4. The highest BCUT2D eigenvalue weighted by molar-refractivity contribution is 6.02. The smallest absolute Gasteiger partial charge is 0.0470 e. The predicted molar refractivity (Wildman–Crippen MR) is 272 cm³/mol. The fourth-order valence-corrected chi connectivity index (χ4v) is 8.40. The number of hydrogen-bond donors (Lipinski definition) is 2. The van der Waals surface area contributed by atoms with Crippen LogP contribution in [-0.2, 0) is 0 Å². The molecule has 0 aliphatic carbocycles. The summed E-state index contributed by atoms with van der Waals surface area (Å²) in [5.41, 5.74) is 17.4. The van der Waals surface area contributed by atoms with Gasteiger partial charge >= 0.3 is 0 Å². The summed E-state index contributed by atoms with van der Waals surface area (Å²) in [7, 11) is 0. The zero-order valence-corrected chi connectivity index (χ0v) is 35.3. The SMILES string of the molecule is c1ccc(Nc2ccc(-c3ccc(Nc4ccccc4)c(-c4ccc(N(c5ccccc5)c5ccccc5)cc4)c3-c3ccc(N(c4ccccc4)c4ccccc4)cc3)cc2)cc1. The number of para-hydroxylation sites is 6. The average Bonchev–Trinajstić information content (AvgIpc) is 3.37. The van der Waals surface area contributed by atoms with E-state index >= 15 is 0 Å². The van der Waals surface area contributed by atoms with E-state index in [-0.39, 0.29) is 0 Å². The maximum atomic E-state index is 3.83. The molecule has 0 fully saturated rings. The van der Waals surface area contributed by atoms with Crippen molar-refractivity contribution in [2.24, 2.45) is 0 Å². The van der Waals surface area contributed by atoms with Crippen LogP contribution in [0.15, 0.2) is 267 Å². The van der Waals surface area contributed by atoms with Crippen molar-refractivity contribution in [3.05, 3.63) is 267 Å². The van der Waals surface area contributed by atoms with Crippen molar-refractivity contribution in [2.75, 3.05) is 20.4 Å². The van der Waals surface area contributed by atoms with Crippen LogP contribution in [0.3, 0.4) is 0 Å². The maximum Gasteiger partial charge on any atom is 0.0470 e. The summed E-state index contributed by atoms with van der Waals surface area (Å²) in [5, 5.41) is 7.39. The Bertz CT molecular complexity index is 2960. The minimum atomic E-state index is 1.02. The van der Waals surface area contributed by atoms with Gasteiger partial charge in [0, 0.05) is 62.4 Å². The fraction of sp³-hybridized carbons (Fsp3) is 0. The molecule has 64 heavy (non-hydrogen) atoms. The molecule has 10 rings (SSSR count). The summed E-state index contributed by atoms with van der Waals surface area (Å²) in [5.74, 6) is 0. The Labute approximate surface area is 376 Å². The molecule has 0 saturated carbocycles. The molecule has 0 aliphatic rings. The van der Waals surface area contributed by atoms with E-state index in [1.807, 2.05) is 18.2 Å². The number of nitrogens with one attached hydrogen (secondary N) is 2. The summed E-state index contributed by atoms with van der Waals surface area (Å²) in [6, 6.07) is 94.3. The zero-order chi connectivity index (χ0) is 42.9. The lowest BCUT2D eigenvalue weighted by Crippen LogP contribution is -2.09. The van der Waals surface area contributed by atoms with E-state index in [9.17, 15) is 0 Å². The number of hydrogen-bond acceptors (Lipinski definition) is 4. The molecular weight excluding hydrogens is 777 g/mol. The van der Waals surface area contributed by atoms with E-state index in [1.54, 1.807) is 0 Å². The van der Waals surface area contributed by atoms with Crippen molar-refractivity contribution < 1.29 is 0 Å². The van der Waals surface area contributed by atoms with Crippen LogP contribution in [0.4, 0.5) is 56.9 Å². The van der Waals surface area contributed by atoms with Gasteiger partial charge in [-0.15, -0.1) is 0 Å². The Morgan fingerprint density at radius 3 is 0.938 bits per heavy atom. The predicted octanol–water partition coefficient (Wildman–Crippen LogP) is 17.1. The van der Waals surface area contributed by atoms with Crippen LogP contribution in [-0.4, -0.2) is 0 Å². The minimum absolute atomic E-state index is 1.02. The van der Waals surface area contributed by atoms with Gasteiger partial charge in [-0.3, -0.25) is 0 Å². The van der Waals surface area contributed by atoms with Gasteiger partial charge < -0.3 is 20.4 Å². The second-order valence-corrected chi connectivity index (χ2v) is 15.6. The molecule has 4 nitrogen and oxygen atoms in total. The minimum Gasteiger partial charge on any atom is -0.356 e. The molecule has 0 heterocycles. The Kier molecular flexibility index (Phi) is 11.5. The Morgan fingerprint density at radius 1 is 0.219 bits per heavy atom. The van der Waals surface area contributed by atoms with Crippen LogP contribution in [0.25, 0.3) is 33.4 Å². The largest absolute Gasteiger partial charge is 0.356 e. The van der Waals surface area contributed by atoms with Crippen molar-refractivity contribution in [3.63, 3.8) is 0 Å². The highest BCUT2D eigenvalue weighted by atomic mass is 15.1. The van der Waals surface area contributed by atoms with Gasteiger partial charge in [0.2, 0.25) is 0 Å². The standard InChI is InChI=1S/C60H46N4/c1-7-19-48(20-8-1)61-50-37-31-45(32-38-50)57-43-44-58(62-49-21-9-2-10-22-49)60(47-35-41-56(42-36-47)64(53-27-15-5-16-28-53)54-29-17-6-18-30-54)59(57)46-33-39-55(40-34-46)63(51-23-11-3-12-24-51)52-25-13-4-14-26-52/h1-44,61-62H. The number of nitrogens with zero attached hydrogens (tertiary/aromatic N) is 2. The monoisotopic (exact) mass is 822 g/mol. The van der Waals surface area contributed by atoms with Crippen molar-refractivity contribution in [3.8, 4) is 33.4 Å². The first kappa shape index (κ1) is 39.5. The third kappa shape index (κ3) is 8.62. The van der Waals surface area contributed by atoms with Crippen LogP contribution in [0.2, 0.25) is 0 Å². The summed E-state index contributed by atoms with van der Waals surface area (Å²) in [6.45, 7) is 0. The first-order valence-electron chi connectivity index (χ1n) is 21.7. The van der Waals surface area contributed by atoms with Crippen LogP contribution < -0.4 is 20.4 Å². The van der Waals surface area contributed by atoms with Crippen molar-refractivity contribution in [1.29, 1.82) is 0 Å². The van der Waals surface area contributed by atoms with Gasteiger partial charge in [-0.1, -0.05) is 152 Å². The highest BCUT2D eigenvalue weighted by Gasteiger charge is 2.21. The van der Waals surface area contributed by atoms with Crippen molar-refractivity contribution in [2.45, 2.75) is 0 Å². The Hall–Kier alpha value is -8.60. The van der Waals surface area contributed by atoms with Gasteiger partial charge in [-0.05, 0) is 143 Å². The zero-order valence-electron chi connectivity index (χ0n) is 35.3. The molecule has 4 heteroatoms. The van der Waals surface area contributed by atoms with E-state index in [1.165, 1.54) is 0 Å². The van der Waals surface area contributed by atoms with Crippen LogP contribution >= 0.6 is 0 Å². The van der Waals surface area contributed by atoms with Gasteiger partial charge in [0.15, 0.2) is 0 Å². The van der Waals surface area contributed by atoms with Gasteiger partial charge in [0.05, 0.1) is 0 Å². The van der Waals surface area contributed by atoms with E-state index in [0.29, 0.717) is 0 Å². The molecule has 0 unspecified atom stereocenters. The number of anilines is 10. The van der Waals surface area contributed by atoms with Gasteiger partial charge in [0.25, 0.3) is 0 Å². The molecule has 0 amide bonds. The molecule has 0 saturated heterocycles. The lowest BCUT2D eigenvalue weighted by Gasteiger charge is -2.27. The molecule has 10 aromatic carbocycles. The average molecular weight is 823 g/mol. The van der Waals surface area contributed by atoms with Crippen molar-refractivity contribution >= 4 is 56.9 Å². The molecule has 0 aliphatic heterocycles. The van der Waals surface area contributed by atoms with Crippen LogP contribution in [0.1, 0.15) is 0 Å². The number of benzene rings is 10. The normalized spacial score (nSPS) is 10.8. The quantitative estimate of drug-likeness (QED) is 0.121. The van der Waals surface area contributed by atoms with Gasteiger partial charge in [-0.25, -0.2) is 0 Å². The topological polar surface area (TPSA) is 30.5 Å². The molecule has 306 valence electrons. The third-order valence-electron chi connectivity index (χ3n) is 11.4. The molecule has 0 bridgehead atoms. The molecule has 0 atom stereocenters. The summed E-state index contributed by atoms with van der Waals surface area (Å²) in [6.07, 6.45) is 0. The number of rotatable bonds is 13. The molecule has 10 aromatic rings. The fourth-order valence-electron chi connectivity index (χ4n) is 8.40. The second-order valence-electron chi connectivity index (χ2n) is 15.6. The van der Waals surface area contributed by atoms with Gasteiger partial charge in [0.1, 0.15) is 0 Å². The molecular formula is C60H46N4. The lowest BCUT2D eigenvalue weighted by atomic mass is 9.86. The summed E-state index contributed by atoms with van der Waals surface area (Å²) >= 11 is 0. The first-order valence-corrected chi connectivity index (χ1v) is 21.7. The summed E-state index contributed by atoms with van der Waals surface area (Å²) < 4.78 is 0. The Morgan fingerprint density at radius 2 is 0.531 bits per heavy atom. The summed E-state index contributed by atoms with van der Waals surface area (Å²) in [4.78, 5) is 4.61. The molecule has 0 radical (unpaired) electrons.